The average Bonchev–Trinajstić information content (AvgIpc) is 2.97. The molecule has 0 saturated carbocycles. The van der Waals surface area contributed by atoms with Crippen molar-refractivity contribution in [2.24, 2.45) is 5.73 Å². The lowest BCUT2D eigenvalue weighted by molar-refractivity contribution is 0.803. The number of nitrogens with zero attached hydrogens (tertiary/aromatic N) is 3. The first-order chi connectivity index (χ1) is 9.86. The summed E-state index contributed by atoms with van der Waals surface area (Å²) >= 11 is 0. The van der Waals surface area contributed by atoms with Gasteiger partial charge in [0.2, 0.25) is 0 Å². The fourth-order valence-corrected chi connectivity index (χ4v) is 2.14. The van der Waals surface area contributed by atoms with Crippen molar-refractivity contribution in [1.82, 2.24) is 14.5 Å². The van der Waals surface area contributed by atoms with Gasteiger partial charge in [0.15, 0.2) is 5.82 Å². The van der Waals surface area contributed by atoms with Crippen molar-refractivity contribution in [2.45, 2.75) is 13.1 Å². The average molecular weight is 264 g/mol. The molecule has 0 amide bonds. The van der Waals surface area contributed by atoms with Gasteiger partial charge in [-0.25, -0.2) is 4.98 Å². The van der Waals surface area contributed by atoms with Gasteiger partial charge in [-0.2, -0.15) is 0 Å². The molecule has 0 fully saturated rings. The molecule has 0 bridgehead atoms. The van der Waals surface area contributed by atoms with Crippen molar-refractivity contribution in [3.63, 3.8) is 0 Å². The van der Waals surface area contributed by atoms with Crippen LogP contribution in [0.15, 0.2) is 61.1 Å². The van der Waals surface area contributed by atoms with E-state index >= 15 is 0 Å². The summed E-state index contributed by atoms with van der Waals surface area (Å²) in [5, 5.41) is 0. The van der Waals surface area contributed by atoms with E-state index in [0.717, 1.165) is 23.6 Å². The molecule has 0 saturated heterocycles. The summed E-state index contributed by atoms with van der Waals surface area (Å²) in [6.07, 6.45) is 5.56. The normalized spacial score (nSPS) is 10.7. The fourth-order valence-electron chi connectivity index (χ4n) is 2.14. The van der Waals surface area contributed by atoms with E-state index in [4.69, 9.17) is 5.73 Å². The minimum Gasteiger partial charge on any atom is -0.326 e. The van der Waals surface area contributed by atoms with Crippen LogP contribution in [-0.4, -0.2) is 14.5 Å². The van der Waals surface area contributed by atoms with E-state index in [9.17, 15) is 0 Å². The molecule has 0 aliphatic rings. The quantitative estimate of drug-likeness (QED) is 0.787. The molecule has 0 aliphatic heterocycles. The Bertz CT molecular complexity index is 671. The van der Waals surface area contributed by atoms with Crippen molar-refractivity contribution < 1.29 is 0 Å². The lowest BCUT2D eigenvalue weighted by Crippen LogP contribution is -2.02. The van der Waals surface area contributed by atoms with Gasteiger partial charge in [-0.1, -0.05) is 30.3 Å². The van der Waals surface area contributed by atoms with Crippen LogP contribution < -0.4 is 5.73 Å². The second kappa shape index (κ2) is 5.67. The van der Waals surface area contributed by atoms with Gasteiger partial charge in [-0.05, 0) is 23.3 Å². The van der Waals surface area contributed by atoms with Crippen LogP contribution in [0.5, 0.6) is 0 Å². The minimum atomic E-state index is 0.574. The van der Waals surface area contributed by atoms with E-state index in [1.165, 1.54) is 5.56 Å². The third-order valence-electron chi connectivity index (χ3n) is 3.22. The molecule has 0 spiro atoms. The van der Waals surface area contributed by atoms with E-state index in [1.807, 2.05) is 24.4 Å². The van der Waals surface area contributed by atoms with Crippen LogP contribution in [0, 0.1) is 0 Å². The van der Waals surface area contributed by atoms with Gasteiger partial charge in [-0.15, -0.1) is 0 Å². The molecule has 3 rings (SSSR count). The molecule has 2 aromatic heterocycles. The van der Waals surface area contributed by atoms with Gasteiger partial charge in [0.25, 0.3) is 0 Å². The lowest BCUT2D eigenvalue weighted by atomic mass is 10.1. The van der Waals surface area contributed by atoms with Crippen LogP contribution in [0.1, 0.15) is 11.1 Å². The Morgan fingerprint density at radius 2 is 1.70 bits per heavy atom. The molecule has 1 aromatic carbocycles. The summed E-state index contributed by atoms with van der Waals surface area (Å²) < 4.78 is 2.10. The summed E-state index contributed by atoms with van der Waals surface area (Å²) in [6.45, 7) is 1.35. The number of benzene rings is 1. The number of pyridine rings is 1. The van der Waals surface area contributed by atoms with Gasteiger partial charge in [-0.3, -0.25) is 4.98 Å². The molecular formula is C16H16N4. The van der Waals surface area contributed by atoms with Crippen LogP contribution in [0.4, 0.5) is 0 Å². The molecule has 20 heavy (non-hydrogen) atoms. The summed E-state index contributed by atoms with van der Waals surface area (Å²) in [6, 6.07) is 14.2. The van der Waals surface area contributed by atoms with Gasteiger partial charge < -0.3 is 10.3 Å². The van der Waals surface area contributed by atoms with Crippen molar-refractivity contribution >= 4 is 0 Å². The number of nitrogens with two attached hydrogens (primary N) is 1. The molecule has 2 heterocycles. The molecule has 0 unspecified atom stereocenters. The smallest absolute Gasteiger partial charge is 0.158 e. The Labute approximate surface area is 117 Å². The van der Waals surface area contributed by atoms with Crippen molar-refractivity contribution in [2.75, 3.05) is 0 Å². The van der Waals surface area contributed by atoms with Crippen molar-refractivity contribution in [1.29, 1.82) is 0 Å². The third kappa shape index (κ3) is 2.60. The zero-order chi connectivity index (χ0) is 13.8. The highest BCUT2D eigenvalue weighted by Crippen LogP contribution is 2.16. The minimum absolute atomic E-state index is 0.574. The predicted octanol–water partition coefficient (Wildman–Crippen LogP) is 2.45. The second-order valence-corrected chi connectivity index (χ2v) is 4.61. The zero-order valence-corrected chi connectivity index (χ0v) is 11.1. The Balaban J connectivity index is 1.86. The van der Waals surface area contributed by atoms with Crippen molar-refractivity contribution in [3.05, 3.63) is 72.2 Å². The highest BCUT2D eigenvalue weighted by Gasteiger charge is 2.07. The molecule has 3 aromatic rings. The predicted molar refractivity (Wildman–Crippen MR) is 78.9 cm³/mol. The first-order valence-corrected chi connectivity index (χ1v) is 6.57. The first-order valence-electron chi connectivity index (χ1n) is 6.57. The van der Waals surface area contributed by atoms with Crippen LogP contribution in [-0.2, 0) is 13.1 Å². The van der Waals surface area contributed by atoms with E-state index < -0.39 is 0 Å². The van der Waals surface area contributed by atoms with Gasteiger partial charge in [0, 0.05) is 31.7 Å². The summed E-state index contributed by atoms with van der Waals surface area (Å²) in [7, 11) is 0. The van der Waals surface area contributed by atoms with Crippen LogP contribution in [0.2, 0.25) is 0 Å². The number of hydrogen-bond donors (Lipinski definition) is 1. The van der Waals surface area contributed by atoms with Gasteiger partial charge >= 0.3 is 0 Å². The SMILES string of the molecule is NCc1ccc(Cn2ccnc2-c2ccccn2)cc1. The summed E-state index contributed by atoms with van der Waals surface area (Å²) in [5.41, 5.74) is 8.86. The highest BCUT2D eigenvalue weighted by atomic mass is 15.1. The number of imidazole rings is 1. The monoisotopic (exact) mass is 264 g/mol. The maximum atomic E-state index is 5.61. The largest absolute Gasteiger partial charge is 0.326 e. The molecule has 4 nitrogen and oxygen atoms in total. The summed E-state index contributed by atoms with van der Waals surface area (Å²) in [4.78, 5) is 8.75. The van der Waals surface area contributed by atoms with E-state index in [1.54, 1.807) is 12.4 Å². The van der Waals surface area contributed by atoms with Crippen LogP contribution in [0.25, 0.3) is 11.5 Å². The Morgan fingerprint density at radius 1 is 0.900 bits per heavy atom. The zero-order valence-electron chi connectivity index (χ0n) is 11.1. The van der Waals surface area contributed by atoms with Crippen LogP contribution in [0.3, 0.4) is 0 Å². The molecule has 4 heteroatoms. The van der Waals surface area contributed by atoms with E-state index in [2.05, 4.69) is 38.8 Å². The van der Waals surface area contributed by atoms with Crippen LogP contribution >= 0.6 is 0 Å². The van der Waals surface area contributed by atoms with E-state index in [0.29, 0.717) is 6.54 Å². The second-order valence-electron chi connectivity index (χ2n) is 4.61. The van der Waals surface area contributed by atoms with Gasteiger partial charge in [0.1, 0.15) is 5.69 Å². The maximum Gasteiger partial charge on any atom is 0.158 e. The Kier molecular flexibility index (Phi) is 3.56. The fraction of sp³-hybridized carbons (Fsp3) is 0.125. The molecule has 0 atom stereocenters. The molecule has 0 aliphatic carbocycles. The molecule has 100 valence electrons. The maximum absolute atomic E-state index is 5.61. The number of rotatable bonds is 4. The molecule has 0 radical (unpaired) electrons. The van der Waals surface area contributed by atoms with Gasteiger partial charge in [0.05, 0.1) is 0 Å². The lowest BCUT2D eigenvalue weighted by Gasteiger charge is -2.08. The third-order valence-corrected chi connectivity index (χ3v) is 3.22. The van der Waals surface area contributed by atoms with Crippen molar-refractivity contribution in [3.8, 4) is 11.5 Å². The topological polar surface area (TPSA) is 56.7 Å². The molecular weight excluding hydrogens is 248 g/mol. The first kappa shape index (κ1) is 12.6. The van der Waals surface area contributed by atoms with E-state index in [-0.39, 0.29) is 0 Å². The number of aromatic nitrogens is 3. The molecule has 2 N–H and O–H groups in total. The Hall–Kier alpha value is -2.46. The Morgan fingerprint density at radius 3 is 2.40 bits per heavy atom. The highest BCUT2D eigenvalue weighted by molar-refractivity contribution is 5.49. The standard InChI is InChI=1S/C16H16N4/c17-11-13-4-6-14(7-5-13)12-20-10-9-19-16(20)15-3-1-2-8-18-15/h1-10H,11-12,17H2. The summed E-state index contributed by atoms with van der Waals surface area (Å²) in [5.74, 6) is 0.883. The number of hydrogen-bond acceptors (Lipinski definition) is 3.